The molecule has 1 N–H and O–H groups in total. The first kappa shape index (κ1) is 17.3. The fourth-order valence-corrected chi connectivity index (χ4v) is 3.22. The second-order valence-electron chi connectivity index (χ2n) is 6.44. The average molecular weight is 370 g/mol. The van der Waals surface area contributed by atoms with Crippen molar-refractivity contribution in [2.24, 2.45) is 0 Å². The Morgan fingerprint density at radius 1 is 1.37 bits per heavy atom. The number of methoxy groups -OCH3 is 1. The van der Waals surface area contributed by atoms with Gasteiger partial charge in [0.05, 0.1) is 37.2 Å². The Hall–Kier alpha value is -3.16. The third-order valence-corrected chi connectivity index (χ3v) is 4.68. The van der Waals surface area contributed by atoms with E-state index in [9.17, 15) is 9.18 Å². The van der Waals surface area contributed by atoms with Crippen LogP contribution in [0, 0.1) is 5.82 Å². The highest BCUT2D eigenvalue weighted by molar-refractivity contribution is 5.97. The lowest BCUT2D eigenvalue weighted by molar-refractivity contribution is 0.0528. The number of hydrogen-bond acceptors (Lipinski definition) is 6. The van der Waals surface area contributed by atoms with Crippen LogP contribution >= 0.6 is 0 Å². The molecule has 0 aromatic carbocycles. The van der Waals surface area contributed by atoms with E-state index >= 15 is 0 Å². The van der Waals surface area contributed by atoms with Crippen molar-refractivity contribution >= 4 is 17.2 Å². The molecule has 8 heteroatoms. The maximum atomic E-state index is 13.8. The number of carbonyl (C=O) groups is 1. The summed E-state index contributed by atoms with van der Waals surface area (Å²) < 4.78 is 25.8. The van der Waals surface area contributed by atoms with E-state index in [0.29, 0.717) is 29.1 Å². The fourth-order valence-electron chi connectivity index (χ4n) is 3.22. The molecule has 1 aliphatic rings. The normalized spacial score (nSPS) is 14.8. The number of fused-ring (bicyclic) bond motifs is 1. The highest BCUT2D eigenvalue weighted by atomic mass is 19.1. The molecule has 140 valence electrons. The van der Waals surface area contributed by atoms with Crippen LogP contribution in [0.2, 0.25) is 0 Å². The van der Waals surface area contributed by atoms with Crippen molar-refractivity contribution in [3.63, 3.8) is 0 Å². The number of rotatable bonds is 6. The van der Waals surface area contributed by atoms with E-state index in [2.05, 4.69) is 15.4 Å². The van der Waals surface area contributed by atoms with Crippen LogP contribution in [0.1, 0.15) is 35.7 Å². The van der Waals surface area contributed by atoms with Crippen molar-refractivity contribution in [2.75, 3.05) is 19.0 Å². The second-order valence-corrected chi connectivity index (χ2v) is 6.44. The lowest BCUT2D eigenvalue weighted by atomic mass is 10.1. The van der Waals surface area contributed by atoms with Crippen LogP contribution in [0.3, 0.4) is 0 Å². The van der Waals surface area contributed by atoms with Crippen molar-refractivity contribution in [3.8, 4) is 5.88 Å². The largest absolute Gasteiger partial charge is 0.481 e. The summed E-state index contributed by atoms with van der Waals surface area (Å²) in [4.78, 5) is 16.1. The van der Waals surface area contributed by atoms with Crippen LogP contribution in [0.25, 0.3) is 5.52 Å². The Morgan fingerprint density at radius 2 is 2.19 bits per heavy atom. The Bertz CT molecular complexity index is 1010. The number of halogens is 1. The number of aromatic nitrogens is 3. The summed E-state index contributed by atoms with van der Waals surface area (Å²) in [6.07, 6.45) is 6.04. The van der Waals surface area contributed by atoms with Gasteiger partial charge >= 0.3 is 5.97 Å². The SMILES string of the molecule is CCOC(=O)c1cnn2ccc(NC3(c4cc(F)cnc4OC)CC3)cc12. The summed E-state index contributed by atoms with van der Waals surface area (Å²) in [6, 6.07) is 5.14. The maximum Gasteiger partial charge on any atom is 0.341 e. The third kappa shape index (κ3) is 3.07. The molecule has 0 radical (unpaired) electrons. The number of carbonyl (C=O) groups excluding carboxylic acids is 1. The molecule has 0 bridgehead atoms. The molecule has 0 spiro atoms. The molecule has 4 rings (SSSR count). The van der Waals surface area contributed by atoms with Crippen molar-refractivity contribution in [1.82, 2.24) is 14.6 Å². The van der Waals surface area contributed by atoms with Gasteiger partial charge in [-0.2, -0.15) is 5.10 Å². The highest BCUT2D eigenvalue weighted by Gasteiger charge is 2.47. The average Bonchev–Trinajstić information content (AvgIpc) is 3.32. The minimum Gasteiger partial charge on any atom is -0.481 e. The zero-order valence-electron chi connectivity index (χ0n) is 15.0. The van der Waals surface area contributed by atoms with Gasteiger partial charge in [0.15, 0.2) is 0 Å². The van der Waals surface area contributed by atoms with Gasteiger partial charge in [0.1, 0.15) is 11.4 Å². The molecule has 1 aliphatic carbocycles. The quantitative estimate of drug-likeness (QED) is 0.672. The van der Waals surface area contributed by atoms with Crippen molar-refractivity contribution in [2.45, 2.75) is 25.3 Å². The smallest absolute Gasteiger partial charge is 0.341 e. The van der Waals surface area contributed by atoms with E-state index in [0.717, 1.165) is 24.7 Å². The summed E-state index contributed by atoms with van der Waals surface area (Å²) in [5, 5.41) is 7.63. The van der Waals surface area contributed by atoms with Gasteiger partial charge in [-0.1, -0.05) is 0 Å². The number of ether oxygens (including phenoxy) is 2. The molecule has 1 saturated carbocycles. The van der Waals surface area contributed by atoms with Gasteiger partial charge in [0.25, 0.3) is 0 Å². The fraction of sp³-hybridized carbons (Fsp3) is 0.316. The van der Waals surface area contributed by atoms with Crippen LogP contribution in [-0.4, -0.2) is 34.3 Å². The van der Waals surface area contributed by atoms with E-state index in [1.54, 1.807) is 17.6 Å². The number of hydrogen-bond donors (Lipinski definition) is 1. The summed E-state index contributed by atoms with van der Waals surface area (Å²) in [5.41, 5.74) is 2.07. The molecule has 0 atom stereocenters. The monoisotopic (exact) mass is 370 g/mol. The minimum atomic E-state index is -0.442. The third-order valence-electron chi connectivity index (χ3n) is 4.68. The van der Waals surface area contributed by atoms with E-state index in [1.165, 1.54) is 19.4 Å². The highest BCUT2D eigenvalue weighted by Crippen LogP contribution is 2.51. The van der Waals surface area contributed by atoms with Crippen LogP contribution < -0.4 is 10.1 Å². The first-order valence-electron chi connectivity index (χ1n) is 8.69. The summed E-state index contributed by atoms with van der Waals surface area (Å²) in [5.74, 6) is -0.421. The van der Waals surface area contributed by atoms with Crippen LogP contribution in [0.5, 0.6) is 5.88 Å². The van der Waals surface area contributed by atoms with Gasteiger partial charge < -0.3 is 14.8 Å². The topological polar surface area (TPSA) is 77.8 Å². The van der Waals surface area contributed by atoms with E-state index < -0.39 is 17.3 Å². The summed E-state index contributed by atoms with van der Waals surface area (Å²) >= 11 is 0. The van der Waals surface area contributed by atoms with E-state index in [4.69, 9.17) is 9.47 Å². The van der Waals surface area contributed by atoms with Gasteiger partial charge in [-0.3, -0.25) is 0 Å². The molecule has 27 heavy (non-hydrogen) atoms. The molecule has 7 nitrogen and oxygen atoms in total. The first-order chi connectivity index (χ1) is 13.1. The predicted octanol–water partition coefficient (Wildman–Crippen LogP) is 3.15. The van der Waals surface area contributed by atoms with E-state index in [1.807, 2.05) is 12.1 Å². The number of anilines is 1. The second kappa shape index (κ2) is 6.53. The van der Waals surface area contributed by atoms with E-state index in [-0.39, 0.29) is 0 Å². The molecular formula is C19H19FN4O3. The van der Waals surface area contributed by atoms with Crippen molar-refractivity contribution < 1.29 is 18.7 Å². The summed E-state index contributed by atoms with van der Waals surface area (Å²) in [6.45, 7) is 2.05. The molecule has 3 aromatic heterocycles. The first-order valence-corrected chi connectivity index (χ1v) is 8.69. The number of pyridine rings is 2. The van der Waals surface area contributed by atoms with Gasteiger partial charge in [0, 0.05) is 17.4 Å². The van der Waals surface area contributed by atoms with Crippen LogP contribution in [-0.2, 0) is 10.3 Å². The van der Waals surface area contributed by atoms with Crippen LogP contribution in [0.4, 0.5) is 10.1 Å². The van der Waals surface area contributed by atoms with Crippen molar-refractivity contribution in [3.05, 3.63) is 53.7 Å². The van der Waals surface area contributed by atoms with Crippen LogP contribution in [0.15, 0.2) is 36.8 Å². The van der Waals surface area contributed by atoms with Gasteiger partial charge in [-0.05, 0) is 38.0 Å². The zero-order valence-corrected chi connectivity index (χ0v) is 15.0. The maximum absolute atomic E-state index is 13.8. The zero-order chi connectivity index (χ0) is 19.0. The minimum absolute atomic E-state index is 0.295. The van der Waals surface area contributed by atoms with Gasteiger partial charge in [-0.15, -0.1) is 0 Å². The molecule has 0 aliphatic heterocycles. The molecule has 3 heterocycles. The molecule has 3 aromatic rings. The molecular weight excluding hydrogens is 351 g/mol. The number of nitrogens with zero attached hydrogens (tertiary/aromatic N) is 3. The predicted molar refractivity (Wildman–Crippen MR) is 96.4 cm³/mol. The molecule has 0 amide bonds. The van der Waals surface area contributed by atoms with Gasteiger partial charge in [0.2, 0.25) is 5.88 Å². The molecule has 0 saturated heterocycles. The summed E-state index contributed by atoms with van der Waals surface area (Å²) in [7, 11) is 1.52. The molecule has 0 unspecified atom stereocenters. The number of esters is 1. The Labute approximate surface area is 155 Å². The Morgan fingerprint density at radius 3 is 2.89 bits per heavy atom. The number of nitrogens with one attached hydrogen (secondary N) is 1. The van der Waals surface area contributed by atoms with Gasteiger partial charge in [-0.25, -0.2) is 18.7 Å². The lowest BCUT2D eigenvalue weighted by Crippen LogP contribution is -2.20. The Kier molecular flexibility index (Phi) is 4.18. The molecule has 1 fully saturated rings. The Balaban J connectivity index is 1.68. The van der Waals surface area contributed by atoms with Crippen molar-refractivity contribution in [1.29, 1.82) is 0 Å². The standard InChI is InChI=1S/C19H19FN4O3/c1-3-27-18(25)14-11-22-24-7-4-13(9-16(14)24)23-19(5-6-19)15-8-12(20)10-21-17(15)26-2/h4,7-11,23H,3,5-6H2,1-2H3. The lowest BCUT2D eigenvalue weighted by Gasteiger charge is -2.21.